The van der Waals surface area contributed by atoms with Crippen LogP contribution in [-0.2, 0) is 4.84 Å². The molecule has 0 fully saturated rings. The third kappa shape index (κ3) is 5.71. The fourth-order valence-corrected chi connectivity index (χ4v) is 0.231. The lowest BCUT2D eigenvalue weighted by Gasteiger charge is -2.07. The fraction of sp³-hybridized carbons (Fsp3) is 1.00. The molecule has 0 unspecified atom stereocenters. The fourth-order valence-electron chi connectivity index (χ4n) is 0.231. The van der Waals surface area contributed by atoms with Gasteiger partial charge in [0.05, 0.1) is 14.1 Å². The van der Waals surface area contributed by atoms with Crippen LogP contribution in [0.5, 0.6) is 0 Å². The minimum absolute atomic E-state index is 0.0995. The first kappa shape index (κ1) is 7.71. The van der Waals surface area contributed by atoms with Crippen LogP contribution in [0.25, 0.3) is 0 Å². The molecule has 0 spiro atoms. The highest BCUT2D eigenvalue weighted by Gasteiger charge is 2.34. The average Bonchev–Trinajstić information content (AvgIpc) is 1.21. The zero-order valence-corrected chi connectivity index (χ0v) is 4.54. The van der Waals surface area contributed by atoms with Crippen LogP contribution >= 0.6 is 0 Å². The molecule has 0 atom stereocenters. The van der Waals surface area contributed by atoms with Crippen molar-refractivity contribution in [1.29, 1.82) is 0 Å². The Balaban J connectivity index is 3.39. The quantitative estimate of drug-likeness (QED) is 0.476. The summed E-state index contributed by atoms with van der Waals surface area (Å²) in [7, 11) is 2.49. The zero-order valence-electron chi connectivity index (χ0n) is 4.54. The molecule has 8 heavy (non-hydrogen) atoms. The van der Waals surface area contributed by atoms with Crippen LogP contribution in [0.3, 0.4) is 0 Å². The van der Waals surface area contributed by atoms with Crippen molar-refractivity contribution in [3.63, 3.8) is 0 Å². The van der Waals surface area contributed by atoms with E-state index in [0.29, 0.717) is 0 Å². The number of halogens is 3. The van der Waals surface area contributed by atoms with Gasteiger partial charge in [-0.2, -0.15) is 5.06 Å². The Morgan fingerprint density at radius 1 is 1.25 bits per heavy atom. The summed E-state index contributed by atoms with van der Waals surface area (Å²) >= 11 is 0. The predicted molar refractivity (Wildman–Crippen MR) is 20.0 cm³/mol. The number of nitrogens with one attached hydrogen (secondary N) is 1. The minimum atomic E-state index is -4.52. The van der Waals surface area contributed by atoms with Crippen molar-refractivity contribution < 1.29 is 23.1 Å². The van der Waals surface area contributed by atoms with Crippen LogP contribution < -0.4 is 5.06 Å². The number of hydroxylamine groups is 2. The molecule has 0 aromatic rings. The molecule has 2 nitrogen and oxygen atoms in total. The second-order valence-corrected chi connectivity index (χ2v) is 1.46. The summed E-state index contributed by atoms with van der Waals surface area (Å²) in [5.41, 5.74) is 0. The van der Waals surface area contributed by atoms with E-state index in [4.69, 9.17) is 0 Å². The summed E-state index contributed by atoms with van der Waals surface area (Å²) in [5, 5.41) is -0.0995. The maximum absolute atomic E-state index is 11.1. The monoisotopic (exact) mass is 130 g/mol. The molecule has 0 aromatic carbocycles. The van der Waals surface area contributed by atoms with E-state index < -0.39 is 6.36 Å². The van der Waals surface area contributed by atoms with Gasteiger partial charge < -0.3 is 0 Å². The molecular weight excluding hydrogens is 123 g/mol. The molecule has 0 saturated heterocycles. The average molecular weight is 130 g/mol. The Hall–Kier alpha value is -0.290. The molecule has 50 valence electrons. The topological polar surface area (TPSA) is 13.7 Å². The highest BCUT2D eigenvalue weighted by Crippen LogP contribution is 2.11. The van der Waals surface area contributed by atoms with Gasteiger partial charge in [0, 0.05) is 0 Å². The van der Waals surface area contributed by atoms with Gasteiger partial charge in [-0.05, 0) is 0 Å². The highest BCUT2D eigenvalue weighted by atomic mass is 19.4. The molecule has 0 aromatic heterocycles. The first-order valence-corrected chi connectivity index (χ1v) is 1.98. The van der Waals surface area contributed by atoms with Crippen molar-refractivity contribution in [3.8, 4) is 0 Å². The molecule has 0 heterocycles. The van der Waals surface area contributed by atoms with Gasteiger partial charge >= 0.3 is 6.36 Å². The van der Waals surface area contributed by atoms with Crippen LogP contribution in [0.15, 0.2) is 0 Å². The summed E-state index contributed by atoms with van der Waals surface area (Å²) < 4.78 is 33.2. The number of quaternary nitrogens is 1. The van der Waals surface area contributed by atoms with Gasteiger partial charge in [-0.15, -0.1) is 13.2 Å². The molecule has 1 N–H and O–H groups in total. The first-order valence-electron chi connectivity index (χ1n) is 1.98. The van der Waals surface area contributed by atoms with Crippen molar-refractivity contribution in [2.45, 2.75) is 6.36 Å². The summed E-state index contributed by atoms with van der Waals surface area (Å²) in [6.07, 6.45) is -4.52. The zero-order chi connectivity index (χ0) is 6.78. The Morgan fingerprint density at radius 3 is 1.62 bits per heavy atom. The largest absolute Gasteiger partial charge is 0.568 e. The summed E-state index contributed by atoms with van der Waals surface area (Å²) in [6.45, 7) is 0. The Kier molecular flexibility index (Phi) is 2.24. The van der Waals surface area contributed by atoms with Gasteiger partial charge in [0.25, 0.3) is 0 Å². The van der Waals surface area contributed by atoms with Crippen LogP contribution in [0.2, 0.25) is 0 Å². The molecule has 0 saturated carbocycles. The first-order chi connectivity index (χ1) is 3.42. The number of hydrogen-bond donors (Lipinski definition) is 1. The lowest BCUT2D eigenvalue weighted by Crippen LogP contribution is -3.05. The predicted octanol–water partition coefficient (Wildman–Crippen LogP) is -0.418. The van der Waals surface area contributed by atoms with E-state index in [1.807, 2.05) is 0 Å². The van der Waals surface area contributed by atoms with Gasteiger partial charge in [0.1, 0.15) is 0 Å². The molecule has 0 radical (unpaired) electrons. The second-order valence-electron chi connectivity index (χ2n) is 1.46. The summed E-state index contributed by atoms with van der Waals surface area (Å²) in [6, 6.07) is 0. The number of hydrogen-bond acceptors (Lipinski definition) is 1. The van der Waals surface area contributed by atoms with Crippen molar-refractivity contribution in [3.05, 3.63) is 0 Å². The Bertz CT molecular complexity index is 69.4. The summed E-state index contributed by atoms with van der Waals surface area (Å²) in [5.74, 6) is 0. The van der Waals surface area contributed by atoms with Gasteiger partial charge in [-0.25, -0.2) is 0 Å². The van der Waals surface area contributed by atoms with Crippen LogP contribution in [0.1, 0.15) is 0 Å². The minimum Gasteiger partial charge on any atom is -0.185 e. The van der Waals surface area contributed by atoms with E-state index >= 15 is 0 Å². The molecule has 0 rings (SSSR count). The SMILES string of the molecule is C[NH+](C)OC(F)(F)F. The van der Waals surface area contributed by atoms with Crippen LogP contribution in [0.4, 0.5) is 13.2 Å². The third-order valence-electron chi connectivity index (χ3n) is 0.320. The van der Waals surface area contributed by atoms with Gasteiger partial charge in [0.2, 0.25) is 0 Å². The molecule has 0 bridgehead atoms. The van der Waals surface area contributed by atoms with E-state index in [1.54, 1.807) is 0 Å². The molecule has 0 aliphatic rings. The van der Waals surface area contributed by atoms with Crippen LogP contribution in [0, 0.1) is 0 Å². The van der Waals surface area contributed by atoms with E-state index in [1.165, 1.54) is 14.1 Å². The summed E-state index contributed by atoms with van der Waals surface area (Å²) in [4.78, 5) is 3.35. The number of alkyl halides is 3. The van der Waals surface area contributed by atoms with Crippen molar-refractivity contribution in [2.24, 2.45) is 0 Å². The highest BCUT2D eigenvalue weighted by molar-refractivity contribution is 4.11. The van der Waals surface area contributed by atoms with E-state index in [-0.39, 0.29) is 5.06 Å². The Morgan fingerprint density at radius 2 is 1.62 bits per heavy atom. The van der Waals surface area contributed by atoms with Crippen molar-refractivity contribution in [2.75, 3.05) is 14.1 Å². The van der Waals surface area contributed by atoms with Gasteiger partial charge in [-0.3, -0.25) is 0 Å². The normalized spacial score (nSPS) is 12.8. The maximum atomic E-state index is 11.1. The molecule has 5 heteroatoms. The third-order valence-corrected chi connectivity index (χ3v) is 0.320. The second kappa shape index (κ2) is 2.32. The standard InChI is InChI=1S/C3H6F3NO/c1-7(2)8-3(4,5)6/h1-2H3/p+1. The van der Waals surface area contributed by atoms with Gasteiger partial charge in [0.15, 0.2) is 0 Å². The van der Waals surface area contributed by atoms with Crippen LogP contribution in [-0.4, -0.2) is 20.5 Å². The van der Waals surface area contributed by atoms with Crippen molar-refractivity contribution in [1.82, 2.24) is 0 Å². The molecular formula is C3H7F3NO+. The Labute approximate surface area is 44.8 Å². The number of rotatable bonds is 1. The molecule has 0 amide bonds. The lowest BCUT2D eigenvalue weighted by atomic mass is 11.2. The molecule has 0 aliphatic carbocycles. The van der Waals surface area contributed by atoms with E-state index in [2.05, 4.69) is 4.84 Å². The van der Waals surface area contributed by atoms with E-state index in [0.717, 1.165) is 0 Å². The van der Waals surface area contributed by atoms with Crippen molar-refractivity contribution >= 4 is 0 Å². The molecule has 0 aliphatic heterocycles. The lowest BCUT2D eigenvalue weighted by molar-refractivity contribution is -1.09. The maximum Gasteiger partial charge on any atom is 0.568 e. The van der Waals surface area contributed by atoms with Gasteiger partial charge in [-0.1, -0.05) is 4.84 Å². The van der Waals surface area contributed by atoms with E-state index in [9.17, 15) is 13.2 Å². The smallest absolute Gasteiger partial charge is 0.185 e.